The van der Waals surface area contributed by atoms with Gasteiger partial charge in [0.15, 0.2) is 0 Å². The molecule has 0 unspecified atom stereocenters. The molecule has 0 bridgehead atoms. The Morgan fingerprint density at radius 1 is 1.07 bits per heavy atom. The maximum atomic E-state index is 12.9. The molecule has 1 aromatic rings. The summed E-state index contributed by atoms with van der Waals surface area (Å²) in [7, 11) is 3.12. The van der Waals surface area contributed by atoms with Crippen molar-refractivity contribution < 1.29 is 19.1 Å². The van der Waals surface area contributed by atoms with Crippen molar-refractivity contribution in [3.63, 3.8) is 0 Å². The number of nitrogens with one attached hydrogen (secondary N) is 1. The number of amides is 2. The molecule has 0 radical (unpaired) electrons. The standard InChI is InChI=1S/C20H29N3O4.ClH/c1-14-12-15(6-7-21-14)19(24)22-8-10-23(11-9-22)20(25)17-5-4-16(26-2)13-18(17)27-3;/h4-5,13-15,21H,6-12H2,1-3H3;1H/t14-,15-;/m0./s1. The van der Waals surface area contributed by atoms with Gasteiger partial charge in [0.2, 0.25) is 5.91 Å². The zero-order valence-electron chi connectivity index (χ0n) is 16.8. The van der Waals surface area contributed by atoms with Crippen LogP contribution in [0.5, 0.6) is 11.5 Å². The molecule has 1 N–H and O–H groups in total. The Morgan fingerprint density at radius 2 is 1.75 bits per heavy atom. The predicted octanol–water partition coefficient (Wildman–Crippen LogP) is 1.80. The molecule has 2 heterocycles. The number of hydrogen-bond acceptors (Lipinski definition) is 5. The molecule has 2 amide bonds. The van der Waals surface area contributed by atoms with Crippen LogP contribution in [0, 0.1) is 5.92 Å². The molecule has 0 spiro atoms. The maximum Gasteiger partial charge on any atom is 0.257 e. The average molecular weight is 412 g/mol. The van der Waals surface area contributed by atoms with E-state index >= 15 is 0 Å². The molecular formula is C20H30ClN3O4. The molecule has 28 heavy (non-hydrogen) atoms. The normalized spacial score (nSPS) is 22.2. The van der Waals surface area contributed by atoms with Crippen LogP contribution in [-0.4, -0.2) is 74.6 Å². The third kappa shape index (κ3) is 4.89. The highest BCUT2D eigenvalue weighted by Crippen LogP contribution is 2.26. The molecular weight excluding hydrogens is 382 g/mol. The fourth-order valence-corrected chi connectivity index (χ4v) is 3.89. The van der Waals surface area contributed by atoms with Gasteiger partial charge in [-0.1, -0.05) is 0 Å². The molecule has 0 aliphatic carbocycles. The van der Waals surface area contributed by atoms with Crippen LogP contribution < -0.4 is 14.8 Å². The molecule has 2 saturated heterocycles. The van der Waals surface area contributed by atoms with E-state index in [0.29, 0.717) is 49.3 Å². The van der Waals surface area contributed by atoms with Crippen LogP contribution in [0.3, 0.4) is 0 Å². The monoisotopic (exact) mass is 411 g/mol. The second-order valence-electron chi connectivity index (χ2n) is 7.26. The van der Waals surface area contributed by atoms with E-state index < -0.39 is 0 Å². The van der Waals surface area contributed by atoms with Gasteiger partial charge in [0, 0.05) is 44.2 Å². The van der Waals surface area contributed by atoms with Crippen molar-refractivity contribution >= 4 is 24.2 Å². The quantitative estimate of drug-likeness (QED) is 0.818. The van der Waals surface area contributed by atoms with Gasteiger partial charge in [-0.2, -0.15) is 0 Å². The summed E-state index contributed by atoms with van der Waals surface area (Å²) >= 11 is 0. The summed E-state index contributed by atoms with van der Waals surface area (Å²) in [6.07, 6.45) is 1.78. The number of ether oxygens (including phenoxy) is 2. The van der Waals surface area contributed by atoms with E-state index in [1.165, 1.54) is 0 Å². The number of benzene rings is 1. The Balaban J connectivity index is 0.00000280. The minimum absolute atomic E-state index is 0. The van der Waals surface area contributed by atoms with Crippen molar-refractivity contribution in [2.45, 2.75) is 25.8 Å². The first-order valence-corrected chi connectivity index (χ1v) is 9.57. The summed E-state index contributed by atoms with van der Waals surface area (Å²) in [6.45, 7) is 5.27. The smallest absolute Gasteiger partial charge is 0.257 e. The van der Waals surface area contributed by atoms with Crippen LogP contribution >= 0.6 is 12.4 Å². The van der Waals surface area contributed by atoms with Crippen molar-refractivity contribution in [2.24, 2.45) is 5.92 Å². The Kier molecular flexibility index (Phi) is 7.95. The van der Waals surface area contributed by atoms with E-state index in [2.05, 4.69) is 12.2 Å². The van der Waals surface area contributed by atoms with Crippen molar-refractivity contribution in [3.8, 4) is 11.5 Å². The second-order valence-corrected chi connectivity index (χ2v) is 7.26. The highest BCUT2D eigenvalue weighted by atomic mass is 35.5. The second kappa shape index (κ2) is 9.98. The first-order valence-electron chi connectivity index (χ1n) is 9.57. The number of carbonyl (C=O) groups is 2. The molecule has 2 aliphatic rings. The van der Waals surface area contributed by atoms with Crippen molar-refractivity contribution in [2.75, 3.05) is 46.9 Å². The van der Waals surface area contributed by atoms with E-state index in [1.807, 2.05) is 4.90 Å². The summed E-state index contributed by atoms with van der Waals surface area (Å²) < 4.78 is 10.5. The van der Waals surface area contributed by atoms with E-state index in [-0.39, 0.29) is 30.1 Å². The molecule has 3 rings (SSSR count). The third-order valence-electron chi connectivity index (χ3n) is 5.49. The first kappa shape index (κ1) is 22.3. The lowest BCUT2D eigenvalue weighted by atomic mass is 9.92. The number of rotatable bonds is 4. The van der Waals surface area contributed by atoms with Crippen molar-refractivity contribution in [1.29, 1.82) is 0 Å². The summed E-state index contributed by atoms with van der Waals surface area (Å²) in [5.41, 5.74) is 0.519. The Hall–Kier alpha value is -1.99. The number of halogens is 1. The average Bonchev–Trinajstić information content (AvgIpc) is 2.72. The fourth-order valence-electron chi connectivity index (χ4n) is 3.89. The van der Waals surface area contributed by atoms with Crippen LogP contribution in [0.25, 0.3) is 0 Å². The fraction of sp³-hybridized carbons (Fsp3) is 0.600. The van der Waals surface area contributed by atoms with Gasteiger partial charge in [-0.15, -0.1) is 12.4 Å². The zero-order chi connectivity index (χ0) is 19.4. The Morgan fingerprint density at radius 3 is 2.36 bits per heavy atom. The third-order valence-corrected chi connectivity index (χ3v) is 5.49. The summed E-state index contributed by atoms with van der Waals surface area (Å²) in [6, 6.07) is 5.59. The molecule has 1 aromatic carbocycles. The predicted molar refractivity (Wildman–Crippen MR) is 109 cm³/mol. The molecule has 8 heteroatoms. The summed E-state index contributed by atoms with van der Waals surface area (Å²) in [5.74, 6) is 1.41. The largest absolute Gasteiger partial charge is 0.497 e. The number of nitrogens with zero attached hydrogens (tertiary/aromatic N) is 2. The van der Waals surface area contributed by atoms with Crippen LogP contribution in [0.1, 0.15) is 30.1 Å². The van der Waals surface area contributed by atoms with Gasteiger partial charge >= 0.3 is 0 Å². The lowest BCUT2D eigenvalue weighted by molar-refractivity contribution is -0.138. The Bertz CT molecular complexity index is 692. The lowest BCUT2D eigenvalue weighted by Gasteiger charge is -2.38. The molecule has 0 aromatic heterocycles. The van der Waals surface area contributed by atoms with E-state index in [4.69, 9.17) is 9.47 Å². The van der Waals surface area contributed by atoms with Gasteiger partial charge in [0.25, 0.3) is 5.91 Å². The number of piperidine rings is 1. The van der Waals surface area contributed by atoms with Gasteiger partial charge in [-0.25, -0.2) is 0 Å². The number of piperazine rings is 1. The van der Waals surface area contributed by atoms with Gasteiger partial charge < -0.3 is 24.6 Å². The van der Waals surface area contributed by atoms with E-state index in [1.54, 1.807) is 37.3 Å². The topological polar surface area (TPSA) is 71.1 Å². The minimum Gasteiger partial charge on any atom is -0.497 e. The van der Waals surface area contributed by atoms with Gasteiger partial charge in [0.05, 0.1) is 19.8 Å². The number of methoxy groups -OCH3 is 2. The molecule has 2 fully saturated rings. The SMILES string of the molecule is COc1ccc(C(=O)N2CCN(C(=O)[C@H]3CCN[C@@H](C)C3)CC2)c(OC)c1.Cl. The first-order chi connectivity index (χ1) is 13.0. The van der Waals surface area contributed by atoms with Crippen LogP contribution in [0.2, 0.25) is 0 Å². The van der Waals surface area contributed by atoms with Gasteiger partial charge in [0.1, 0.15) is 11.5 Å². The number of hydrogen-bond donors (Lipinski definition) is 1. The van der Waals surface area contributed by atoms with Crippen LogP contribution in [0.15, 0.2) is 18.2 Å². The molecule has 2 atom stereocenters. The summed E-state index contributed by atoms with van der Waals surface area (Å²) in [5, 5.41) is 3.38. The lowest BCUT2D eigenvalue weighted by Crippen LogP contribution is -2.53. The van der Waals surface area contributed by atoms with Crippen LogP contribution in [0.4, 0.5) is 0 Å². The van der Waals surface area contributed by atoms with Gasteiger partial charge in [-0.05, 0) is 38.4 Å². The van der Waals surface area contributed by atoms with Gasteiger partial charge in [-0.3, -0.25) is 9.59 Å². The Labute approximate surface area is 172 Å². The molecule has 7 nitrogen and oxygen atoms in total. The number of carbonyl (C=O) groups excluding carboxylic acids is 2. The van der Waals surface area contributed by atoms with E-state index in [9.17, 15) is 9.59 Å². The van der Waals surface area contributed by atoms with Crippen molar-refractivity contribution in [3.05, 3.63) is 23.8 Å². The molecule has 0 saturated carbocycles. The van der Waals surface area contributed by atoms with Crippen molar-refractivity contribution in [1.82, 2.24) is 15.1 Å². The summed E-state index contributed by atoms with van der Waals surface area (Å²) in [4.78, 5) is 29.4. The minimum atomic E-state index is -0.0721. The van der Waals surface area contributed by atoms with Crippen LogP contribution in [-0.2, 0) is 4.79 Å². The van der Waals surface area contributed by atoms with E-state index in [0.717, 1.165) is 19.4 Å². The zero-order valence-corrected chi connectivity index (χ0v) is 17.6. The highest BCUT2D eigenvalue weighted by molar-refractivity contribution is 5.97. The molecule has 2 aliphatic heterocycles. The maximum absolute atomic E-state index is 12.9. The molecule has 156 valence electrons. The highest BCUT2D eigenvalue weighted by Gasteiger charge is 2.32.